The minimum atomic E-state index is -0.0767. The van der Waals surface area contributed by atoms with Gasteiger partial charge in [-0.2, -0.15) is 0 Å². The van der Waals surface area contributed by atoms with E-state index in [1.54, 1.807) is 4.90 Å². The standard InChI is InChI=1S/C18H29N3O2/c1-6-21(7-2)18(23)13-20(5)12-17(22)19-16-10-8-15(9-11-16)14(3)4/h8-11,14H,6-7,12-13H2,1-5H3,(H,19,22)/p+1. The summed E-state index contributed by atoms with van der Waals surface area (Å²) in [5.41, 5.74) is 2.04. The Labute approximate surface area is 139 Å². The van der Waals surface area contributed by atoms with Crippen molar-refractivity contribution in [3.63, 3.8) is 0 Å². The largest absolute Gasteiger partial charge is 0.338 e. The number of quaternary nitrogens is 1. The van der Waals surface area contributed by atoms with E-state index in [9.17, 15) is 9.59 Å². The highest BCUT2D eigenvalue weighted by atomic mass is 16.2. The highest BCUT2D eigenvalue weighted by molar-refractivity contribution is 5.91. The van der Waals surface area contributed by atoms with E-state index in [4.69, 9.17) is 0 Å². The molecule has 0 aliphatic rings. The minimum Gasteiger partial charge on any atom is -0.338 e. The first-order valence-electron chi connectivity index (χ1n) is 8.36. The molecule has 0 aromatic heterocycles. The fourth-order valence-corrected chi connectivity index (χ4v) is 2.44. The van der Waals surface area contributed by atoms with Crippen LogP contribution in [0.3, 0.4) is 0 Å². The summed E-state index contributed by atoms with van der Waals surface area (Å²) in [6.07, 6.45) is 0. The molecule has 0 saturated heterocycles. The highest BCUT2D eigenvalue weighted by Crippen LogP contribution is 2.16. The Kier molecular flexibility index (Phi) is 7.75. The first-order valence-corrected chi connectivity index (χ1v) is 8.36. The van der Waals surface area contributed by atoms with Crippen molar-refractivity contribution in [1.82, 2.24) is 4.90 Å². The topological polar surface area (TPSA) is 53.9 Å². The Hall–Kier alpha value is -1.88. The van der Waals surface area contributed by atoms with E-state index >= 15 is 0 Å². The van der Waals surface area contributed by atoms with Crippen LogP contribution < -0.4 is 10.2 Å². The van der Waals surface area contributed by atoms with Crippen molar-refractivity contribution in [3.8, 4) is 0 Å². The van der Waals surface area contributed by atoms with Gasteiger partial charge < -0.3 is 15.1 Å². The van der Waals surface area contributed by atoms with Crippen molar-refractivity contribution in [2.24, 2.45) is 0 Å². The number of nitrogens with one attached hydrogen (secondary N) is 2. The van der Waals surface area contributed by atoms with Crippen LogP contribution in [-0.4, -0.2) is 49.9 Å². The van der Waals surface area contributed by atoms with Crippen LogP contribution in [0.2, 0.25) is 0 Å². The van der Waals surface area contributed by atoms with Crippen LogP contribution in [0.5, 0.6) is 0 Å². The Morgan fingerprint density at radius 3 is 2.13 bits per heavy atom. The summed E-state index contributed by atoms with van der Waals surface area (Å²) in [4.78, 5) is 26.8. The van der Waals surface area contributed by atoms with Gasteiger partial charge in [0, 0.05) is 18.8 Å². The van der Waals surface area contributed by atoms with Crippen molar-refractivity contribution < 1.29 is 14.5 Å². The van der Waals surface area contributed by atoms with Gasteiger partial charge in [0.1, 0.15) is 0 Å². The van der Waals surface area contributed by atoms with Gasteiger partial charge in [-0.1, -0.05) is 26.0 Å². The zero-order valence-corrected chi connectivity index (χ0v) is 15.0. The lowest BCUT2D eigenvalue weighted by Crippen LogP contribution is -3.11. The third-order valence-electron chi connectivity index (χ3n) is 3.89. The molecule has 0 aliphatic heterocycles. The lowest BCUT2D eigenvalue weighted by molar-refractivity contribution is -0.862. The van der Waals surface area contributed by atoms with Gasteiger partial charge in [-0.25, -0.2) is 0 Å². The number of hydrogen-bond donors (Lipinski definition) is 2. The molecule has 2 amide bonds. The average Bonchev–Trinajstić information content (AvgIpc) is 2.48. The molecule has 2 N–H and O–H groups in total. The van der Waals surface area contributed by atoms with E-state index in [-0.39, 0.29) is 18.4 Å². The van der Waals surface area contributed by atoms with Gasteiger partial charge in [-0.3, -0.25) is 9.59 Å². The van der Waals surface area contributed by atoms with Gasteiger partial charge in [-0.05, 0) is 37.5 Å². The second kappa shape index (κ2) is 9.30. The molecule has 5 heteroatoms. The third-order valence-corrected chi connectivity index (χ3v) is 3.89. The molecule has 1 rings (SSSR count). The molecule has 0 fully saturated rings. The number of hydrogen-bond acceptors (Lipinski definition) is 2. The zero-order valence-electron chi connectivity index (χ0n) is 15.0. The fourth-order valence-electron chi connectivity index (χ4n) is 2.44. The van der Waals surface area contributed by atoms with Crippen LogP contribution in [0.4, 0.5) is 5.69 Å². The Morgan fingerprint density at radius 1 is 1.09 bits per heavy atom. The minimum absolute atomic E-state index is 0.0767. The maximum atomic E-state index is 12.1. The number of nitrogens with zero attached hydrogens (tertiary/aromatic N) is 1. The van der Waals surface area contributed by atoms with Crippen LogP contribution in [0.1, 0.15) is 39.2 Å². The summed E-state index contributed by atoms with van der Waals surface area (Å²) in [5, 5.41) is 2.88. The van der Waals surface area contributed by atoms with Gasteiger partial charge >= 0.3 is 0 Å². The predicted octanol–water partition coefficient (Wildman–Crippen LogP) is 1.13. The molecule has 1 aromatic rings. The lowest BCUT2D eigenvalue weighted by atomic mass is 10.0. The number of anilines is 1. The molecule has 0 radical (unpaired) electrons. The fraction of sp³-hybridized carbons (Fsp3) is 0.556. The molecule has 23 heavy (non-hydrogen) atoms. The molecular weight excluding hydrogens is 290 g/mol. The van der Waals surface area contributed by atoms with E-state index in [1.165, 1.54) is 5.56 Å². The zero-order chi connectivity index (χ0) is 17.4. The summed E-state index contributed by atoms with van der Waals surface area (Å²) in [7, 11) is 1.86. The molecular formula is C18H30N3O2+. The van der Waals surface area contributed by atoms with Crippen molar-refractivity contribution >= 4 is 17.5 Å². The van der Waals surface area contributed by atoms with Gasteiger partial charge in [0.05, 0.1) is 7.05 Å². The van der Waals surface area contributed by atoms with Crippen molar-refractivity contribution in [3.05, 3.63) is 29.8 Å². The first-order chi connectivity index (χ1) is 10.9. The Balaban J connectivity index is 2.48. The van der Waals surface area contributed by atoms with E-state index in [2.05, 4.69) is 19.2 Å². The van der Waals surface area contributed by atoms with Gasteiger partial charge in [0.25, 0.3) is 11.8 Å². The molecule has 0 aliphatic carbocycles. The molecule has 0 bridgehead atoms. The summed E-state index contributed by atoms with van der Waals surface area (Å²) >= 11 is 0. The molecule has 1 unspecified atom stereocenters. The first kappa shape index (κ1) is 19.2. The molecule has 0 spiro atoms. The quantitative estimate of drug-likeness (QED) is 0.754. The Bertz CT molecular complexity index is 508. The molecule has 128 valence electrons. The third kappa shape index (κ3) is 6.40. The number of amides is 2. The maximum Gasteiger partial charge on any atom is 0.279 e. The van der Waals surface area contributed by atoms with Crippen molar-refractivity contribution in [2.75, 3.05) is 38.5 Å². The summed E-state index contributed by atoms with van der Waals surface area (Å²) in [6.45, 7) is 10.2. The normalized spacial score (nSPS) is 12.1. The molecule has 5 nitrogen and oxygen atoms in total. The summed E-state index contributed by atoms with van der Waals surface area (Å²) in [5.74, 6) is 0.482. The van der Waals surface area contributed by atoms with E-state index < -0.39 is 0 Å². The highest BCUT2D eigenvalue weighted by Gasteiger charge is 2.17. The number of benzene rings is 1. The summed E-state index contributed by atoms with van der Waals surface area (Å²) < 4.78 is 0. The van der Waals surface area contributed by atoms with Crippen molar-refractivity contribution in [1.29, 1.82) is 0 Å². The van der Waals surface area contributed by atoms with Crippen LogP contribution in [-0.2, 0) is 9.59 Å². The van der Waals surface area contributed by atoms with Crippen molar-refractivity contribution in [2.45, 2.75) is 33.6 Å². The van der Waals surface area contributed by atoms with E-state index in [0.717, 1.165) is 10.6 Å². The number of carbonyl (C=O) groups excluding carboxylic acids is 2. The second-order valence-electron chi connectivity index (χ2n) is 6.20. The average molecular weight is 320 g/mol. The number of rotatable bonds is 8. The van der Waals surface area contributed by atoms with Gasteiger partial charge in [0.2, 0.25) is 0 Å². The lowest BCUT2D eigenvalue weighted by Gasteiger charge is -2.20. The maximum absolute atomic E-state index is 12.1. The van der Waals surface area contributed by atoms with E-state index in [0.29, 0.717) is 25.6 Å². The van der Waals surface area contributed by atoms with Gasteiger partial charge in [-0.15, -0.1) is 0 Å². The number of carbonyl (C=O) groups is 2. The number of likely N-dealkylation sites (N-methyl/N-ethyl adjacent to an activating group) is 2. The molecule has 1 aromatic carbocycles. The van der Waals surface area contributed by atoms with E-state index in [1.807, 2.05) is 45.2 Å². The van der Waals surface area contributed by atoms with Crippen LogP contribution in [0.15, 0.2) is 24.3 Å². The molecule has 1 atom stereocenters. The predicted molar refractivity (Wildman–Crippen MR) is 93.7 cm³/mol. The monoisotopic (exact) mass is 320 g/mol. The van der Waals surface area contributed by atoms with Crippen LogP contribution in [0, 0.1) is 0 Å². The molecule has 0 heterocycles. The molecule has 0 saturated carbocycles. The second-order valence-corrected chi connectivity index (χ2v) is 6.20. The SMILES string of the molecule is CCN(CC)C(=O)C[NH+](C)CC(=O)Nc1ccc(C(C)C)cc1. The Morgan fingerprint density at radius 2 is 1.65 bits per heavy atom. The van der Waals surface area contributed by atoms with Crippen LogP contribution >= 0.6 is 0 Å². The summed E-state index contributed by atoms with van der Waals surface area (Å²) in [6, 6.07) is 7.90. The smallest absolute Gasteiger partial charge is 0.279 e. The van der Waals surface area contributed by atoms with Gasteiger partial charge in [0.15, 0.2) is 13.1 Å². The van der Waals surface area contributed by atoms with Crippen LogP contribution in [0.25, 0.3) is 0 Å².